The fourth-order valence-corrected chi connectivity index (χ4v) is 3.44. The molecule has 2 heterocycles. The highest BCUT2D eigenvalue weighted by atomic mass is 16.1. The van der Waals surface area contributed by atoms with Crippen LogP contribution >= 0.6 is 0 Å². The van der Waals surface area contributed by atoms with Gasteiger partial charge in [-0.05, 0) is 42.2 Å². The summed E-state index contributed by atoms with van der Waals surface area (Å²) >= 11 is 0. The third kappa shape index (κ3) is 2.77. The smallest absolute Gasteiger partial charge is 0.223 e. The summed E-state index contributed by atoms with van der Waals surface area (Å²) in [4.78, 5) is 16.8. The van der Waals surface area contributed by atoms with Crippen LogP contribution in [-0.4, -0.2) is 20.7 Å². The molecule has 1 atom stereocenters. The number of benzene rings is 1. The minimum absolute atomic E-state index is 0.0371. The van der Waals surface area contributed by atoms with Gasteiger partial charge in [-0.1, -0.05) is 12.1 Å². The number of aromatic nitrogens is 3. The first-order valence-corrected chi connectivity index (χ1v) is 8.32. The third-order valence-electron chi connectivity index (χ3n) is 4.85. The van der Waals surface area contributed by atoms with E-state index in [0.29, 0.717) is 6.54 Å². The topological polar surface area (TPSA) is 59.8 Å². The summed E-state index contributed by atoms with van der Waals surface area (Å²) < 4.78 is 1.89. The van der Waals surface area contributed by atoms with Crippen molar-refractivity contribution in [3.63, 3.8) is 0 Å². The van der Waals surface area contributed by atoms with Crippen LogP contribution < -0.4 is 5.32 Å². The molecule has 0 saturated carbocycles. The molecule has 0 aliphatic heterocycles. The molecule has 122 valence electrons. The first kappa shape index (κ1) is 14.9. The van der Waals surface area contributed by atoms with E-state index in [4.69, 9.17) is 0 Å². The van der Waals surface area contributed by atoms with Crippen molar-refractivity contribution in [3.8, 4) is 0 Å². The number of hydrogen-bond donors (Lipinski definition) is 1. The molecular weight excluding hydrogens is 300 g/mol. The number of aryl methyl sites for hydroxylation is 2. The maximum absolute atomic E-state index is 12.5. The molecule has 0 bridgehead atoms. The summed E-state index contributed by atoms with van der Waals surface area (Å²) in [6.45, 7) is 0.554. The molecule has 1 amide bonds. The molecular formula is C19H20N4O. The van der Waals surface area contributed by atoms with Crippen molar-refractivity contribution in [1.29, 1.82) is 0 Å². The predicted molar refractivity (Wildman–Crippen MR) is 92.3 cm³/mol. The van der Waals surface area contributed by atoms with E-state index >= 15 is 0 Å². The number of pyridine rings is 1. The van der Waals surface area contributed by atoms with Crippen molar-refractivity contribution < 1.29 is 4.79 Å². The van der Waals surface area contributed by atoms with Crippen LogP contribution in [0, 0.1) is 5.92 Å². The van der Waals surface area contributed by atoms with Gasteiger partial charge in [0.2, 0.25) is 5.91 Å². The fourth-order valence-electron chi connectivity index (χ4n) is 3.44. The van der Waals surface area contributed by atoms with Crippen LogP contribution in [0.1, 0.15) is 23.2 Å². The number of nitrogens with one attached hydrogen (secondary N) is 1. The van der Waals surface area contributed by atoms with Crippen LogP contribution in [0.15, 0.2) is 42.7 Å². The van der Waals surface area contributed by atoms with Crippen LogP contribution in [0.25, 0.3) is 10.9 Å². The van der Waals surface area contributed by atoms with E-state index in [9.17, 15) is 4.79 Å². The Bertz CT molecular complexity index is 899. The molecule has 5 nitrogen and oxygen atoms in total. The second-order valence-corrected chi connectivity index (χ2v) is 6.43. The summed E-state index contributed by atoms with van der Waals surface area (Å²) in [6, 6.07) is 10.1. The Morgan fingerprint density at radius 3 is 3.21 bits per heavy atom. The first-order chi connectivity index (χ1) is 11.7. The molecule has 1 aliphatic rings. The summed E-state index contributed by atoms with van der Waals surface area (Å²) in [5, 5.41) is 8.48. The lowest BCUT2D eigenvalue weighted by molar-refractivity contribution is -0.125. The van der Waals surface area contributed by atoms with E-state index < -0.39 is 0 Å². The van der Waals surface area contributed by atoms with Gasteiger partial charge in [-0.15, -0.1) is 0 Å². The number of rotatable bonds is 3. The molecule has 5 heteroatoms. The lowest BCUT2D eigenvalue weighted by atomic mass is 9.87. The molecule has 4 rings (SSSR count). The van der Waals surface area contributed by atoms with Crippen LogP contribution in [0.4, 0.5) is 0 Å². The quantitative estimate of drug-likeness (QED) is 0.806. The van der Waals surface area contributed by atoms with Gasteiger partial charge in [0.15, 0.2) is 0 Å². The van der Waals surface area contributed by atoms with Crippen molar-refractivity contribution >= 4 is 16.8 Å². The third-order valence-corrected chi connectivity index (χ3v) is 4.85. The molecule has 0 saturated heterocycles. The average Bonchev–Trinajstić information content (AvgIpc) is 3.00. The van der Waals surface area contributed by atoms with E-state index in [0.717, 1.165) is 35.7 Å². The van der Waals surface area contributed by atoms with Crippen molar-refractivity contribution in [2.45, 2.75) is 25.8 Å². The van der Waals surface area contributed by atoms with Crippen molar-refractivity contribution in [2.75, 3.05) is 0 Å². The molecule has 2 aromatic heterocycles. The Kier molecular flexibility index (Phi) is 3.76. The van der Waals surface area contributed by atoms with E-state index in [1.54, 1.807) is 6.20 Å². The van der Waals surface area contributed by atoms with Crippen LogP contribution in [0.2, 0.25) is 0 Å². The highest BCUT2D eigenvalue weighted by molar-refractivity contribution is 5.80. The maximum atomic E-state index is 12.5. The Balaban J connectivity index is 1.42. The molecule has 0 radical (unpaired) electrons. The van der Waals surface area contributed by atoms with Crippen molar-refractivity contribution in [1.82, 2.24) is 20.1 Å². The summed E-state index contributed by atoms with van der Waals surface area (Å²) in [5.74, 6) is 0.170. The van der Waals surface area contributed by atoms with Gasteiger partial charge >= 0.3 is 0 Å². The van der Waals surface area contributed by atoms with Gasteiger partial charge in [0, 0.05) is 43.2 Å². The summed E-state index contributed by atoms with van der Waals surface area (Å²) in [5.41, 5.74) is 4.55. The molecule has 1 aliphatic carbocycles. The largest absolute Gasteiger partial charge is 0.352 e. The van der Waals surface area contributed by atoms with Gasteiger partial charge in [-0.3, -0.25) is 14.5 Å². The highest BCUT2D eigenvalue weighted by Gasteiger charge is 2.26. The van der Waals surface area contributed by atoms with Crippen LogP contribution in [-0.2, 0) is 31.2 Å². The Morgan fingerprint density at radius 1 is 1.38 bits per heavy atom. The van der Waals surface area contributed by atoms with Gasteiger partial charge < -0.3 is 5.32 Å². The molecule has 3 aromatic rings. The fraction of sp³-hybridized carbons (Fsp3) is 0.316. The van der Waals surface area contributed by atoms with E-state index in [1.165, 1.54) is 11.3 Å². The van der Waals surface area contributed by atoms with Crippen molar-refractivity contribution in [2.24, 2.45) is 13.0 Å². The lowest BCUT2D eigenvalue weighted by Gasteiger charge is -2.22. The van der Waals surface area contributed by atoms with E-state index in [1.807, 2.05) is 42.2 Å². The number of nitrogens with zero attached hydrogens (tertiary/aromatic N) is 3. The number of hydrogen-bond acceptors (Lipinski definition) is 3. The lowest BCUT2D eigenvalue weighted by Crippen LogP contribution is -2.34. The second-order valence-electron chi connectivity index (χ2n) is 6.43. The summed E-state index contributed by atoms with van der Waals surface area (Å²) in [6.07, 6.45) is 6.32. The molecule has 24 heavy (non-hydrogen) atoms. The molecule has 0 spiro atoms. The second kappa shape index (κ2) is 6.07. The number of fused-ring (bicyclic) bond motifs is 2. The van der Waals surface area contributed by atoms with Crippen LogP contribution in [0.5, 0.6) is 0 Å². The SMILES string of the molecule is Cn1ncc2c1CC(C(=O)NCc1ccc3ncccc3c1)CC2. The zero-order valence-electron chi connectivity index (χ0n) is 13.7. The van der Waals surface area contributed by atoms with E-state index in [2.05, 4.69) is 21.5 Å². The minimum Gasteiger partial charge on any atom is -0.352 e. The normalized spacial score (nSPS) is 16.8. The van der Waals surface area contributed by atoms with Crippen molar-refractivity contribution in [3.05, 3.63) is 59.5 Å². The highest BCUT2D eigenvalue weighted by Crippen LogP contribution is 2.25. The molecule has 1 aromatic carbocycles. The zero-order chi connectivity index (χ0) is 16.5. The average molecular weight is 320 g/mol. The standard InChI is InChI=1S/C19H20N4O/c1-23-18-10-15(5-6-16(18)12-22-23)19(24)21-11-13-4-7-17-14(9-13)3-2-8-20-17/h2-4,7-9,12,15H,5-6,10-11H2,1H3,(H,21,24). The monoisotopic (exact) mass is 320 g/mol. The number of amides is 1. The van der Waals surface area contributed by atoms with Gasteiger partial charge in [0.25, 0.3) is 0 Å². The molecule has 1 N–H and O–H groups in total. The number of carbonyl (C=O) groups excluding carboxylic acids is 1. The first-order valence-electron chi connectivity index (χ1n) is 8.32. The summed E-state index contributed by atoms with van der Waals surface area (Å²) in [7, 11) is 1.95. The van der Waals surface area contributed by atoms with E-state index in [-0.39, 0.29) is 11.8 Å². The zero-order valence-corrected chi connectivity index (χ0v) is 13.7. The Morgan fingerprint density at radius 2 is 2.29 bits per heavy atom. The van der Waals surface area contributed by atoms with Gasteiger partial charge in [0.1, 0.15) is 0 Å². The van der Waals surface area contributed by atoms with Gasteiger partial charge in [-0.2, -0.15) is 5.10 Å². The maximum Gasteiger partial charge on any atom is 0.223 e. The van der Waals surface area contributed by atoms with Crippen LogP contribution in [0.3, 0.4) is 0 Å². The van der Waals surface area contributed by atoms with Gasteiger partial charge in [0.05, 0.1) is 11.7 Å². The predicted octanol–water partition coefficient (Wildman–Crippen LogP) is 2.39. The molecule has 1 unspecified atom stereocenters. The molecule has 0 fully saturated rings. The number of carbonyl (C=O) groups is 1. The Labute approximate surface area is 140 Å². The Hall–Kier alpha value is -2.69. The minimum atomic E-state index is 0.0371. The van der Waals surface area contributed by atoms with Gasteiger partial charge in [-0.25, -0.2) is 0 Å².